The molecule has 5 aromatic rings. The number of rotatable bonds is 8. The van der Waals surface area contributed by atoms with Crippen molar-refractivity contribution in [1.82, 2.24) is 0 Å². The molecule has 1 saturated carbocycles. The molecule has 5 aromatic carbocycles. The van der Waals surface area contributed by atoms with E-state index in [1.165, 1.54) is 29.7 Å². The lowest BCUT2D eigenvalue weighted by Gasteiger charge is -2.29. The molecule has 1 aliphatic rings. The van der Waals surface area contributed by atoms with Crippen LogP contribution in [0.5, 0.6) is 0 Å². The van der Waals surface area contributed by atoms with E-state index in [9.17, 15) is 0 Å². The molecule has 0 spiro atoms. The average Bonchev–Trinajstić information content (AvgIpc) is 3.84. The van der Waals surface area contributed by atoms with Crippen LogP contribution >= 0.6 is 0 Å². The highest BCUT2D eigenvalue weighted by molar-refractivity contribution is 5.81. The summed E-state index contributed by atoms with van der Waals surface area (Å²) < 4.78 is 0. The van der Waals surface area contributed by atoms with Crippen LogP contribution < -0.4 is 9.80 Å². The minimum Gasteiger partial charge on any atom is -0.311 e. The van der Waals surface area contributed by atoms with E-state index in [4.69, 9.17) is 0 Å². The minimum absolute atomic E-state index is 0.231. The Labute approximate surface area is 233 Å². The van der Waals surface area contributed by atoms with E-state index in [0.717, 1.165) is 34.4 Å². The highest BCUT2D eigenvalue weighted by atomic mass is 15.2. The molecule has 39 heavy (non-hydrogen) atoms. The molecule has 0 bridgehead atoms. The third kappa shape index (κ3) is 5.20. The second-order valence-electron chi connectivity index (χ2n) is 11.2. The highest BCUT2D eigenvalue weighted by Gasteiger charge is 2.38. The van der Waals surface area contributed by atoms with Crippen LogP contribution in [0.4, 0.5) is 34.1 Å². The fraction of sp³-hybridized carbons (Fsp3) is 0.189. The van der Waals surface area contributed by atoms with Crippen LogP contribution in [0.25, 0.3) is 0 Å². The van der Waals surface area contributed by atoms with Crippen LogP contribution in [0.15, 0.2) is 133 Å². The summed E-state index contributed by atoms with van der Waals surface area (Å²) in [6, 6.07) is 48.1. The van der Waals surface area contributed by atoms with Crippen molar-refractivity contribution in [1.29, 1.82) is 0 Å². The van der Waals surface area contributed by atoms with Gasteiger partial charge in [-0.15, -0.1) is 0 Å². The van der Waals surface area contributed by atoms with Gasteiger partial charge in [0.15, 0.2) is 0 Å². The van der Waals surface area contributed by atoms with Crippen LogP contribution in [0.2, 0.25) is 0 Å². The van der Waals surface area contributed by atoms with E-state index in [1.54, 1.807) is 0 Å². The molecule has 0 amide bonds. The quantitative estimate of drug-likeness (QED) is 0.206. The third-order valence-electron chi connectivity index (χ3n) is 8.15. The number of para-hydroxylation sites is 2. The molecule has 0 aliphatic heterocycles. The SMILES string of the molecule is Cc1ccc(N(c2ccccc2)c2ccc(N(c3ccccc3)c3ccc(C(C)(C)C4CC4)cc3)cc2)cc1. The van der Waals surface area contributed by atoms with Crippen molar-refractivity contribution >= 4 is 34.1 Å². The summed E-state index contributed by atoms with van der Waals surface area (Å²) in [5.41, 5.74) is 9.78. The first-order valence-electron chi connectivity index (χ1n) is 14.0. The average molecular weight is 509 g/mol. The van der Waals surface area contributed by atoms with Gasteiger partial charge in [-0.2, -0.15) is 0 Å². The van der Waals surface area contributed by atoms with Crippen LogP contribution in [-0.2, 0) is 5.41 Å². The van der Waals surface area contributed by atoms with Gasteiger partial charge in [-0.05, 0) is 109 Å². The Bertz CT molecular complexity index is 1500. The lowest BCUT2D eigenvalue weighted by atomic mass is 9.80. The summed E-state index contributed by atoms with van der Waals surface area (Å²) in [7, 11) is 0. The van der Waals surface area contributed by atoms with E-state index in [0.29, 0.717) is 0 Å². The van der Waals surface area contributed by atoms with Crippen LogP contribution in [0.1, 0.15) is 37.8 Å². The normalized spacial score (nSPS) is 13.2. The van der Waals surface area contributed by atoms with E-state index < -0.39 is 0 Å². The molecular weight excluding hydrogens is 472 g/mol. The van der Waals surface area contributed by atoms with E-state index >= 15 is 0 Å². The predicted octanol–water partition coefficient (Wildman–Crippen LogP) is 10.6. The minimum atomic E-state index is 0.231. The van der Waals surface area contributed by atoms with Crippen LogP contribution in [0.3, 0.4) is 0 Å². The number of anilines is 6. The van der Waals surface area contributed by atoms with E-state index in [2.05, 4.69) is 164 Å². The Morgan fingerprint density at radius 2 is 0.795 bits per heavy atom. The molecule has 1 aliphatic carbocycles. The van der Waals surface area contributed by atoms with Crippen LogP contribution in [0, 0.1) is 12.8 Å². The van der Waals surface area contributed by atoms with E-state index in [-0.39, 0.29) is 5.41 Å². The molecule has 194 valence electrons. The lowest BCUT2D eigenvalue weighted by molar-refractivity contribution is 0.454. The Balaban J connectivity index is 1.38. The molecule has 0 heterocycles. The first-order chi connectivity index (χ1) is 19.0. The molecular formula is C37H36N2. The summed E-state index contributed by atoms with van der Waals surface area (Å²) in [6.45, 7) is 6.91. The first kappa shape index (κ1) is 25.0. The Kier molecular flexibility index (Phi) is 6.70. The summed E-state index contributed by atoms with van der Waals surface area (Å²) in [6.07, 6.45) is 2.69. The van der Waals surface area contributed by atoms with Crippen molar-refractivity contribution in [2.75, 3.05) is 9.80 Å². The molecule has 0 N–H and O–H groups in total. The van der Waals surface area contributed by atoms with Gasteiger partial charge in [0, 0.05) is 34.1 Å². The summed E-state index contributed by atoms with van der Waals surface area (Å²) in [5, 5.41) is 0. The molecule has 2 heteroatoms. The second kappa shape index (κ2) is 10.5. The second-order valence-corrected chi connectivity index (χ2v) is 11.2. The lowest BCUT2D eigenvalue weighted by Crippen LogP contribution is -2.20. The zero-order chi connectivity index (χ0) is 26.8. The van der Waals surface area contributed by atoms with Crippen molar-refractivity contribution < 1.29 is 0 Å². The third-order valence-corrected chi connectivity index (χ3v) is 8.15. The fourth-order valence-electron chi connectivity index (χ4n) is 5.57. The Morgan fingerprint density at radius 3 is 1.18 bits per heavy atom. The van der Waals surface area contributed by atoms with Crippen molar-refractivity contribution in [3.63, 3.8) is 0 Å². The number of hydrogen-bond donors (Lipinski definition) is 0. The predicted molar refractivity (Wildman–Crippen MR) is 166 cm³/mol. The largest absolute Gasteiger partial charge is 0.311 e. The van der Waals surface area contributed by atoms with Gasteiger partial charge in [0.2, 0.25) is 0 Å². The molecule has 0 saturated heterocycles. The first-order valence-corrected chi connectivity index (χ1v) is 14.0. The van der Waals surface area contributed by atoms with E-state index in [1.807, 2.05) is 0 Å². The van der Waals surface area contributed by atoms with Gasteiger partial charge in [-0.25, -0.2) is 0 Å². The van der Waals surface area contributed by atoms with Gasteiger partial charge in [0.25, 0.3) is 0 Å². The zero-order valence-electron chi connectivity index (χ0n) is 23.1. The summed E-state index contributed by atoms with van der Waals surface area (Å²) in [4.78, 5) is 4.65. The van der Waals surface area contributed by atoms with Gasteiger partial charge in [0.05, 0.1) is 0 Å². The molecule has 1 fully saturated rings. The smallest absolute Gasteiger partial charge is 0.0463 e. The molecule has 6 rings (SSSR count). The molecule has 2 nitrogen and oxygen atoms in total. The molecule has 0 aromatic heterocycles. The summed E-state index contributed by atoms with van der Waals surface area (Å²) in [5.74, 6) is 0.808. The van der Waals surface area contributed by atoms with Gasteiger partial charge < -0.3 is 9.80 Å². The van der Waals surface area contributed by atoms with Gasteiger partial charge in [-0.1, -0.05) is 80.1 Å². The summed E-state index contributed by atoms with van der Waals surface area (Å²) >= 11 is 0. The van der Waals surface area contributed by atoms with Gasteiger partial charge in [-0.3, -0.25) is 0 Å². The molecule has 0 unspecified atom stereocenters. The number of benzene rings is 5. The standard InChI is InChI=1S/C37H36N2/c1-28-14-20-33(21-15-28)38(31-10-6-4-7-11-31)35-24-26-36(27-25-35)39(32-12-8-5-9-13-32)34-22-18-30(19-23-34)37(2,3)29-16-17-29/h4-15,18-27,29H,16-17H2,1-3H3. The Morgan fingerprint density at radius 1 is 0.462 bits per heavy atom. The number of nitrogens with zero attached hydrogens (tertiary/aromatic N) is 2. The molecule has 0 atom stereocenters. The topological polar surface area (TPSA) is 6.48 Å². The highest BCUT2D eigenvalue weighted by Crippen LogP contribution is 2.47. The maximum atomic E-state index is 2.39. The Hall–Kier alpha value is -4.30. The van der Waals surface area contributed by atoms with Gasteiger partial charge in [0.1, 0.15) is 0 Å². The maximum Gasteiger partial charge on any atom is 0.0463 e. The molecule has 0 radical (unpaired) electrons. The van der Waals surface area contributed by atoms with Crippen LogP contribution in [-0.4, -0.2) is 0 Å². The maximum absolute atomic E-state index is 2.39. The van der Waals surface area contributed by atoms with Gasteiger partial charge >= 0.3 is 0 Å². The number of aryl methyl sites for hydroxylation is 1. The fourth-order valence-corrected chi connectivity index (χ4v) is 5.57. The van der Waals surface area contributed by atoms with Crippen molar-refractivity contribution in [3.05, 3.63) is 145 Å². The van der Waals surface area contributed by atoms with Crippen molar-refractivity contribution in [2.24, 2.45) is 5.92 Å². The monoisotopic (exact) mass is 508 g/mol. The van der Waals surface area contributed by atoms with Crippen molar-refractivity contribution in [3.8, 4) is 0 Å². The van der Waals surface area contributed by atoms with Crippen molar-refractivity contribution in [2.45, 2.75) is 39.0 Å². The zero-order valence-corrected chi connectivity index (χ0v) is 23.1. The number of hydrogen-bond acceptors (Lipinski definition) is 2.